The van der Waals surface area contributed by atoms with Gasteiger partial charge in [-0.25, -0.2) is 0 Å². The molecular weight excluding hydrogens is 282 g/mol. The number of rotatable bonds is 3. The number of likely N-dealkylation sites (N-methyl/N-ethyl adjacent to an activating group) is 1. The summed E-state index contributed by atoms with van der Waals surface area (Å²) in [5, 5.41) is 11.3. The summed E-state index contributed by atoms with van der Waals surface area (Å²) in [6.07, 6.45) is 3.75. The van der Waals surface area contributed by atoms with Crippen molar-refractivity contribution >= 4 is 11.7 Å². The van der Waals surface area contributed by atoms with Crippen LogP contribution in [-0.4, -0.2) is 73.0 Å². The van der Waals surface area contributed by atoms with Crippen molar-refractivity contribution in [2.45, 2.75) is 24.9 Å². The fraction of sp³-hybridized carbons (Fsp3) is 0.667. The lowest BCUT2D eigenvalue weighted by atomic mass is 10.0. The number of hydrogen-bond donors (Lipinski definition) is 1. The fourth-order valence-electron chi connectivity index (χ4n) is 3.09. The molecule has 2 atom stereocenters. The molecule has 0 spiro atoms. The summed E-state index contributed by atoms with van der Waals surface area (Å²) in [6.45, 7) is 3.64. The zero-order chi connectivity index (χ0) is 15.4. The van der Waals surface area contributed by atoms with E-state index >= 15 is 0 Å². The third-order valence-electron chi connectivity index (χ3n) is 4.39. The molecule has 3 rings (SSSR count). The number of hydrogen-bond acceptors (Lipinski definition) is 6. The third-order valence-corrected chi connectivity index (χ3v) is 4.39. The van der Waals surface area contributed by atoms with Crippen molar-refractivity contribution < 1.29 is 9.53 Å². The molecule has 0 aromatic carbocycles. The van der Waals surface area contributed by atoms with Gasteiger partial charge in [0.1, 0.15) is 6.04 Å². The minimum absolute atomic E-state index is 0.116. The largest absolute Gasteiger partial charge is 0.378 e. The van der Waals surface area contributed by atoms with Gasteiger partial charge in [0.25, 0.3) is 0 Å². The molecule has 2 aliphatic rings. The quantitative estimate of drug-likeness (QED) is 0.840. The van der Waals surface area contributed by atoms with Gasteiger partial charge in [0, 0.05) is 38.9 Å². The highest BCUT2D eigenvalue weighted by Gasteiger charge is 2.31. The number of piperidine rings is 1. The topological polar surface area (TPSA) is 70.6 Å². The molecule has 0 saturated carbocycles. The zero-order valence-corrected chi connectivity index (χ0v) is 12.9. The summed E-state index contributed by atoms with van der Waals surface area (Å²) in [6, 6.07) is 3.84. The first-order valence-electron chi connectivity index (χ1n) is 7.86. The van der Waals surface area contributed by atoms with Crippen molar-refractivity contribution in [3.05, 3.63) is 18.3 Å². The van der Waals surface area contributed by atoms with Gasteiger partial charge in [-0.15, -0.1) is 5.10 Å². The zero-order valence-electron chi connectivity index (χ0n) is 12.9. The fourth-order valence-corrected chi connectivity index (χ4v) is 3.09. The molecule has 7 heteroatoms. The lowest BCUT2D eigenvalue weighted by molar-refractivity contribution is -0.137. The van der Waals surface area contributed by atoms with E-state index in [9.17, 15) is 4.79 Å². The van der Waals surface area contributed by atoms with Crippen molar-refractivity contribution in [2.24, 2.45) is 0 Å². The summed E-state index contributed by atoms with van der Waals surface area (Å²) in [5.74, 6) is 0.998. The first-order valence-corrected chi connectivity index (χ1v) is 7.86. The van der Waals surface area contributed by atoms with E-state index in [0.717, 1.165) is 38.3 Å². The highest BCUT2D eigenvalue weighted by molar-refractivity contribution is 5.82. The number of amides is 1. The summed E-state index contributed by atoms with van der Waals surface area (Å²) >= 11 is 0. The van der Waals surface area contributed by atoms with Crippen molar-refractivity contribution in [2.75, 3.05) is 44.8 Å². The van der Waals surface area contributed by atoms with Crippen LogP contribution in [0, 0.1) is 0 Å². The molecule has 1 amide bonds. The Kier molecular flexibility index (Phi) is 4.84. The van der Waals surface area contributed by atoms with Gasteiger partial charge < -0.3 is 19.9 Å². The van der Waals surface area contributed by atoms with Crippen LogP contribution >= 0.6 is 0 Å². The lowest BCUT2D eigenvalue weighted by Crippen LogP contribution is -2.56. The van der Waals surface area contributed by atoms with E-state index in [-0.39, 0.29) is 18.0 Å². The smallest absolute Gasteiger partial charge is 0.242 e. The Morgan fingerprint density at radius 3 is 3.18 bits per heavy atom. The summed E-state index contributed by atoms with van der Waals surface area (Å²) < 4.78 is 5.39. The maximum Gasteiger partial charge on any atom is 0.242 e. The van der Waals surface area contributed by atoms with Crippen LogP contribution in [0.4, 0.5) is 5.82 Å². The number of carbonyl (C=O) groups is 1. The normalized spacial score (nSPS) is 25.8. The van der Waals surface area contributed by atoms with Gasteiger partial charge >= 0.3 is 0 Å². The number of aromatic nitrogens is 2. The SMILES string of the molecule is CN(C(=O)C1COCCN1)C1CCCN(c2cccnn2)C1. The first-order chi connectivity index (χ1) is 10.8. The molecule has 2 aliphatic heterocycles. The van der Waals surface area contributed by atoms with Crippen LogP contribution in [0.25, 0.3) is 0 Å². The second-order valence-electron chi connectivity index (χ2n) is 5.85. The number of morpholine rings is 1. The van der Waals surface area contributed by atoms with E-state index in [4.69, 9.17) is 4.74 Å². The summed E-state index contributed by atoms with van der Waals surface area (Å²) in [7, 11) is 1.89. The van der Waals surface area contributed by atoms with Gasteiger partial charge in [0.15, 0.2) is 5.82 Å². The number of ether oxygens (including phenoxy) is 1. The van der Waals surface area contributed by atoms with E-state index in [2.05, 4.69) is 20.4 Å². The average molecular weight is 305 g/mol. The van der Waals surface area contributed by atoms with Gasteiger partial charge in [0.05, 0.1) is 13.2 Å². The van der Waals surface area contributed by atoms with Gasteiger partial charge in [-0.3, -0.25) is 4.79 Å². The maximum atomic E-state index is 12.6. The number of anilines is 1. The average Bonchev–Trinajstić information content (AvgIpc) is 2.62. The van der Waals surface area contributed by atoms with E-state index in [1.165, 1.54) is 0 Å². The molecule has 3 heterocycles. The van der Waals surface area contributed by atoms with Crippen LogP contribution in [0.15, 0.2) is 18.3 Å². The number of nitrogens with zero attached hydrogens (tertiary/aromatic N) is 4. The predicted octanol–water partition coefficient (Wildman–Crippen LogP) is -0.108. The molecule has 1 aromatic heterocycles. The van der Waals surface area contributed by atoms with Crippen LogP contribution in [0.1, 0.15) is 12.8 Å². The molecule has 0 radical (unpaired) electrons. The molecule has 2 saturated heterocycles. The summed E-state index contributed by atoms with van der Waals surface area (Å²) in [4.78, 5) is 16.7. The molecule has 0 aliphatic carbocycles. The van der Waals surface area contributed by atoms with E-state index in [1.54, 1.807) is 6.20 Å². The molecule has 0 bridgehead atoms. The van der Waals surface area contributed by atoms with Gasteiger partial charge in [-0.2, -0.15) is 5.10 Å². The lowest BCUT2D eigenvalue weighted by Gasteiger charge is -2.39. The van der Waals surface area contributed by atoms with Crippen molar-refractivity contribution in [3.8, 4) is 0 Å². The van der Waals surface area contributed by atoms with E-state index in [0.29, 0.717) is 13.2 Å². The molecule has 120 valence electrons. The summed E-state index contributed by atoms with van der Waals surface area (Å²) in [5.41, 5.74) is 0. The van der Waals surface area contributed by atoms with E-state index < -0.39 is 0 Å². The maximum absolute atomic E-state index is 12.6. The van der Waals surface area contributed by atoms with Crippen LogP contribution < -0.4 is 10.2 Å². The monoisotopic (exact) mass is 305 g/mol. The second kappa shape index (κ2) is 7.02. The van der Waals surface area contributed by atoms with Crippen LogP contribution in [0.3, 0.4) is 0 Å². The predicted molar refractivity (Wildman–Crippen MR) is 82.6 cm³/mol. The van der Waals surface area contributed by atoms with Crippen molar-refractivity contribution in [1.82, 2.24) is 20.4 Å². The Morgan fingerprint density at radius 2 is 2.45 bits per heavy atom. The van der Waals surface area contributed by atoms with Crippen LogP contribution in [0.5, 0.6) is 0 Å². The molecule has 2 unspecified atom stereocenters. The Balaban J connectivity index is 1.62. The Bertz CT molecular complexity index is 492. The molecular formula is C15H23N5O2. The van der Waals surface area contributed by atoms with Gasteiger partial charge in [-0.05, 0) is 25.0 Å². The van der Waals surface area contributed by atoms with Crippen LogP contribution in [0.2, 0.25) is 0 Å². The first kappa shape index (κ1) is 15.2. The highest BCUT2D eigenvalue weighted by Crippen LogP contribution is 2.20. The van der Waals surface area contributed by atoms with Crippen molar-refractivity contribution in [3.63, 3.8) is 0 Å². The van der Waals surface area contributed by atoms with Gasteiger partial charge in [0.2, 0.25) is 5.91 Å². The standard InChI is InChI=1S/C15H23N5O2/c1-19(15(21)13-11-22-9-7-16-13)12-4-3-8-20(10-12)14-5-2-6-17-18-14/h2,5-6,12-13,16H,3-4,7-11H2,1H3. The molecule has 1 N–H and O–H groups in total. The second-order valence-corrected chi connectivity index (χ2v) is 5.85. The number of nitrogens with one attached hydrogen (secondary N) is 1. The molecule has 1 aromatic rings. The van der Waals surface area contributed by atoms with Crippen LogP contribution in [-0.2, 0) is 9.53 Å². The van der Waals surface area contributed by atoms with E-state index in [1.807, 2.05) is 24.1 Å². The minimum Gasteiger partial charge on any atom is -0.378 e. The molecule has 22 heavy (non-hydrogen) atoms. The Morgan fingerprint density at radius 1 is 1.55 bits per heavy atom. The minimum atomic E-state index is -0.217. The highest BCUT2D eigenvalue weighted by atomic mass is 16.5. The van der Waals surface area contributed by atoms with Gasteiger partial charge in [-0.1, -0.05) is 0 Å². The molecule has 2 fully saturated rings. The van der Waals surface area contributed by atoms with Crippen molar-refractivity contribution in [1.29, 1.82) is 0 Å². The number of carbonyl (C=O) groups excluding carboxylic acids is 1. The third kappa shape index (κ3) is 3.36. The Hall–Kier alpha value is -1.73. The Labute approximate surface area is 130 Å². The molecule has 7 nitrogen and oxygen atoms in total.